The molecular weight excluding hydrogens is 523 g/mol. The largest absolute Gasteiger partial charge is 0.493 e. The molecule has 0 bridgehead atoms. The van der Waals surface area contributed by atoms with Crippen LogP contribution in [-0.2, 0) is 4.84 Å². The summed E-state index contributed by atoms with van der Waals surface area (Å²) in [7, 11) is 0. The summed E-state index contributed by atoms with van der Waals surface area (Å²) in [6, 6.07) is 20.9. The first-order valence-electron chi connectivity index (χ1n) is 12.3. The molecule has 5 rings (SSSR count). The third kappa shape index (κ3) is 5.06. The van der Waals surface area contributed by atoms with E-state index < -0.39 is 5.97 Å². The SMILES string of the molecule is Cc1cc2cc(-c3ccc(OCC4C(c5c(Cl)cccc5Cl)=NOC4C(C)C)cc3)ccc2nc1C(=O)O. The van der Waals surface area contributed by atoms with E-state index in [9.17, 15) is 9.90 Å². The van der Waals surface area contributed by atoms with E-state index in [4.69, 9.17) is 32.8 Å². The lowest BCUT2D eigenvalue weighted by Crippen LogP contribution is -2.33. The van der Waals surface area contributed by atoms with Gasteiger partial charge in [-0.3, -0.25) is 0 Å². The Morgan fingerprint density at radius 3 is 2.37 bits per heavy atom. The first-order valence-corrected chi connectivity index (χ1v) is 13.0. The molecule has 194 valence electrons. The van der Waals surface area contributed by atoms with Gasteiger partial charge in [-0.25, -0.2) is 9.78 Å². The molecule has 0 radical (unpaired) electrons. The van der Waals surface area contributed by atoms with E-state index in [1.165, 1.54) is 0 Å². The first-order chi connectivity index (χ1) is 18.2. The topological polar surface area (TPSA) is 81.0 Å². The van der Waals surface area contributed by atoms with Crippen molar-refractivity contribution in [3.8, 4) is 16.9 Å². The average molecular weight is 549 g/mol. The van der Waals surface area contributed by atoms with Gasteiger partial charge in [0.05, 0.1) is 21.5 Å². The van der Waals surface area contributed by atoms with Crippen molar-refractivity contribution < 1.29 is 19.5 Å². The van der Waals surface area contributed by atoms with Crippen molar-refractivity contribution in [2.45, 2.75) is 26.9 Å². The molecule has 2 unspecified atom stereocenters. The maximum absolute atomic E-state index is 11.4. The fourth-order valence-corrected chi connectivity index (χ4v) is 5.35. The minimum Gasteiger partial charge on any atom is -0.493 e. The zero-order valence-corrected chi connectivity index (χ0v) is 22.6. The molecule has 0 amide bonds. The Balaban J connectivity index is 1.35. The van der Waals surface area contributed by atoms with Crippen molar-refractivity contribution in [2.24, 2.45) is 17.0 Å². The molecule has 2 atom stereocenters. The number of oxime groups is 1. The normalized spacial score (nSPS) is 16.9. The fraction of sp³-hybridized carbons (Fsp3) is 0.233. The summed E-state index contributed by atoms with van der Waals surface area (Å²) in [5.41, 5.74) is 4.73. The van der Waals surface area contributed by atoms with Gasteiger partial charge in [0.2, 0.25) is 0 Å². The second-order valence-corrected chi connectivity index (χ2v) is 10.5. The van der Waals surface area contributed by atoms with Crippen LogP contribution in [0.15, 0.2) is 71.9 Å². The number of benzene rings is 3. The Hall–Kier alpha value is -3.61. The van der Waals surface area contributed by atoms with Crippen LogP contribution in [0.4, 0.5) is 0 Å². The molecule has 2 heterocycles. The van der Waals surface area contributed by atoms with Gasteiger partial charge in [0.25, 0.3) is 0 Å². The van der Waals surface area contributed by atoms with E-state index in [0.29, 0.717) is 39.0 Å². The first kappa shape index (κ1) is 26.0. The zero-order valence-electron chi connectivity index (χ0n) is 21.1. The van der Waals surface area contributed by atoms with Crippen molar-refractivity contribution in [1.29, 1.82) is 0 Å². The van der Waals surface area contributed by atoms with Crippen molar-refractivity contribution in [2.75, 3.05) is 6.61 Å². The highest BCUT2D eigenvalue weighted by Gasteiger charge is 2.39. The molecule has 1 aliphatic rings. The molecule has 0 spiro atoms. The zero-order chi connectivity index (χ0) is 27.0. The van der Waals surface area contributed by atoms with Gasteiger partial charge >= 0.3 is 5.97 Å². The van der Waals surface area contributed by atoms with E-state index in [1.54, 1.807) is 25.1 Å². The van der Waals surface area contributed by atoms with Crippen molar-refractivity contribution in [3.05, 3.63) is 93.6 Å². The number of aryl methyl sites for hydroxylation is 1. The molecule has 4 aromatic rings. The van der Waals surface area contributed by atoms with E-state index in [-0.39, 0.29) is 23.6 Å². The van der Waals surface area contributed by atoms with Gasteiger partial charge in [0.1, 0.15) is 24.2 Å². The maximum Gasteiger partial charge on any atom is 0.354 e. The lowest BCUT2D eigenvalue weighted by atomic mass is 9.87. The molecule has 1 aliphatic heterocycles. The Labute approximate surface area is 230 Å². The number of carboxylic acid groups (broad SMARTS) is 1. The molecule has 0 saturated heterocycles. The second kappa shape index (κ2) is 10.6. The average Bonchev–Trinajstić information content (AvgIpc) is 3.30. The summed E-state index contributed by atoms with van der Waals surface area (Å²) < 4.78 is 6.20. The van der Waals surface area contributed by atoms with Gasteiger partial charge in [0.15, 0.2) is 5.69 Å². The number of carboxylic acids is 1. The van der Waals surface area contributed by atoms with Gasteiger partial charge < -0.3 is 14.7 Å². The summed E-state index contributed by atoms with van der Waals surface area (Å²) in [5.74, 6) is -0.233. The number of nitrogens with zero attached hydrogens (tertiary/aromatic N) is 2. The number of fused-ring (bicyclic) bond motifs is 1. The highest BCUT2D eigenvalue weighted by molar-refractivity contribution is 6.40. The summed E-state index contributed by atoms with van der Waals surface area (Å²) in [6.45, 7) is 6.28. The summed E-state index contributed by atoms with van der Waals surface area (Å²) in [6.07, 6.45) is -0.159. The minimum atomic E-state index is -1.03. The smallest absolute Gasteiger partial charge is 0.354 e. The third-order valence-electron chi connectivity index (χ3n) is 6.72. The van der Waals surface area contributed by atoms with Gasteiger partial charge in [0, 0.05) is 10.9 Å². The lowest BCUT2D eigenvalue weighted by molar-refractivity contribution is 0.0178. The van der Waals surface area contributed by atoms with E-state index >= 15 is 0 Å². The molecule has 38 heavy (non-hydrogen) atoms. The van der Waals surface area contributed by atoms with Gasteiger partial charge in [-0.2, -0.15) is 0 Å². The molecule has 1 aromatic heterocycles. The molecule has 0 aliphatic carbocycles. The third-order valence-corrected chi connectivity index (χ3v) is 7.35. The van der Waals surface area contributed by atoms with Gasteiger partial charge in [-0.05, 0) is 72.0 Å². The number of hydrogen-bond donors (Lipinski definition) is 1. The number of hydrogen-bond acceptors (Lipinski definition) is 5. The molecule has 6 nitrogen and oxygen atoms in total. The molecule has 3 aromatic carbocycles. The highest BCUT2D eigenvalue weighted by atomic mass is 35.5. The fourth-order valence-electron chi connectivity index (χ4n) is 4.76. The molecule has 1 N–H and O–H groups in total. The lowest BCUT2D eigenvalue weighted by Gasteiger charge is -2.23. The maximum atomic E-state index is 11.4. The predicted octanol–water partition coefficient (Wildman–Crippen LogP) is 7.67. The van der Waals surface area contributed by atoms with Crippen LogP contribution in [0.25, 0.3) is 22.0 Å². The van der Waals surface area contributed by atoms with Crippen molar-refractivity contribution in [1.82, 2.24) is 4.98 Å². The summed E-state index contributed by atoms with van der Waals surface area (Å²) in [5, 5.41) is 15.6. The predicted molar refractivity (Wildman–Crippen MR) is 151 cm³/mol. The number of ether oxygens (including phenoxy) is 1. The van der Waals surface area contributed by atoms with Crippen LogP contribution < -0.4 is 4.74 Å². The number of rotatable bonds is 7. The number of carbonyl (C=O) groups is 1. The Morgan fingerprint density at radius 1 is 1.03 bits per heavy atom. The van der Waals surface area contributed by atoms with Crippen LogP contribution in [0.1, 0.15) is 35.5 Å². The highest BCUT2D eigenvalue weighted by Crippen LogP contribution is 2.35. The van der Waals surface area contributed by atoms with Gasteiger partial charge in [-0.15, -0.1) is 0 Å². The standard InChI is InChI=1S/C30H26Cl2N2O4/c1-16(2)29-22(28(34-38-29)26-23(31)5-4-6-24(26)32)15-37-21-10-7-18(8-11-21)19-9-12-25-20(14-19)13-17(3)27(33-25)30(35)36/h4-14,16,22,29H,15H2,1-3H3,(H,35,36). The van der Waals surface area contributed by atoms with Crippen LogP contribution in [0.3, 0.4) is 0 Å². The number of pyridine rings is 1. The summed E-state index contributed by atoms with van der Waals surface area (Å²) >= 11 is 12.9. The monoisotopic (exact) mass is 548 g/mol. The molecular formula is C30H26Cl2N2O4. The Morgan fingerprint density at radius 2 is 1.71 bits per heavy atom. The van der Waals surface area contributed by atoms with E-state index in [2.05, 4.69) is 24.0 Å². The van der Waals surface area contributed by atoms with Gasteiger partial charge in [-0.1, -0.05) is 66.5 Å². The number of aromatic carboxylic acids is 1. The second-order valence-electron chi connectivity index (χ2n) is 9.70. The molecule has 0 fully saturated rings. The Kier molecular flexibility index (Phi) is 7.28. The van der Waals surface area contributed by atoms with Crippen LogP contribution in [0.5, 0.6) is 5.75 Å². The van der Waals surface area contributed by atoms with Crippen molar-refractivity contribution in [3.63, 3.8) is 0 Å². The molecule has 0 saturated carbocycles. The van der Waals surface area contributed by atoms with Crippen LogP contribution in [-0.4, -0.2) is 34.5 Å². The minimum absolute atomic E-state index is 0.0733. The number of aromatic nitrogens is 1. The Bertz CT molecular complexity index is 1530. The van der Waals surface area contributed by atoms with E-state index in [0.717, 1.165) is 22.3 Å². The summed E-state index contributed by atoms with van der Waals surface area (Å²) in [4.78, 5) is 21.5. The van der Waals surface area contributed by atoms with Crippen LogP contribution >= 0.6 is 23.2 Å². The van der Waals surface area contributed by atoms with Crippen LogP contribution in [0, 0.1) is 18.8 Å². The van der Waals surface area contributed by atoms with Crippen LogP contribution in [0.2, 0.25) is 10.0 Å². The quantitative estimate of drug-likeness (QED) is 0.256. The molecule has 8 heteroatoms. The van der Waals surface area contributed by atoms with Crippen molar-refractivity contribution >= 4 is 45.8 Å². The number of halogens is 2. The van der Waals surface area contributed by atoms with E-state index in [1.807, 2.05) is 48.5 Å².